The summed E-state index contributed by atoms with van der Waals surface area (Å²) in [5.74, 6) is -0.462. The summed E-state index contributed by atoms with van der Waals surface area (Å²) >= 11 is 0. The molecule has 160 valence electrons. The SMILES string of the molecule is CC(=O)N[C@H]1C(O)O[C@H](CO)[C@@H](O)[C@@H]1O.OC[C@H]1O[C@H](O)[C@@H](O)[C@@H](O)[C@@H]1O. The maximum absolute atomic E-state index is 10.7. The van der Waals surface area contributed by atoms with Gasteiger partial charge < -0.3 is 60.7 Å². The van der Waals surface area contributed by atoms with Crippen LogP contribution in [0, 0.1) is 0 Å². The zero-order chi connectivity index (χ0) is 20.9. The highest BCUT2D eigenvalue weighted by Gasteiger charge is 2.44. The van der Waals surface area contributed by atoms with Crippen LogP contribution in [-0.4, -0.2) is 126 Å². The highest BCUT2D eigenvalue weighted by molar-refractivity contribution is 5.73. The fraction of sp³-hybridized carbons (Fsp3) is 0.929. The Kier molecular flexibility index (Phi) is 9.40. The molecule has 2 heterocycles. The molecule has 0 saturated carbocycles. The van der Waals surface area contributed by atoms with Gasteiger partial charge in [0.05, 0.1) is 13.2 Å². The van der Waals surface area contributed by atoms with Crippen LogP contribution in [-0.2, 0) is 14.3 Å². The van der Waals surface area contributed by atoms with Crippen molar-refractivity contribution in [2.24, 2.45) is 0 Å². The van der Waals surface area contributed by atoms with Gasteiger partial charge in [-0.1, -0.05) is 0 Å². The normalized spacial score (nSPS) is 44.8. The molecule has 10 atom stereocenters. The van der Waals surface area contributed by atoms with Crippen molar-refractivity contribution in [3.05, 3.63) is 0 Å². The Bertz CT molecular complexity index is 463. The summed E-state index contributed by atoms with van der Waals surface area (Å²) in [6.07, 6.45) is -12.3. The lowest BCUT2D eigenvalue weighted by molar-refractivity contribution is -0.286. The van der Waals surface area contributed by atoms with E-state index >= 15 is 0 Å². The molecule has 13 heteroatoms. The van der Waals surface area contributed by atoms with Crippen LogP contribution in [0.1, 0.15) is 6.92 Å². The van der Waals surface area contributed by atoms with E-state index in [0.29, 0.717) is 0 Å². The maximum atomic E-state index is 10.7. The van der Waals surface area contributed by atoms with E-state index in [4.69, 9.17) is 35.4 Å². The Balaban J connectivity index is 0.000000277. The van der Waals surface area contributed by atoms with Crippen LogP contribution in [0.5, 0.6) is 0 Å². The Morgan fingerprint density at radius 3 is 1.63 bits per heavy atom. The second kappa shape index (κ2) is 10.5. The number of carbonyl (C=O) groups is 1. The van der Waals surface area contributed by atoms with Crippen LogP contribution in [0.15, 0.2) is 0 Å². The first-order chi connectivity index (χ1) is 12.5. The molecule has 2 fully saturated rings. The molecule has 2 saturated heterocycles. The zero-order valence-corrected chi connectivity index (χ0v) is 14.4. The van der Waals surface area contributed by atoms with Crippen molar-refractivity contribution in [2.45, 2.75) is 68.3 Å². The summed E-state index contributed by atoms with van der Waals surface area (Å²) in [4.78, 5) is 10.7. The lowest BCUT2D eigenvalue weighted by atomic mass is 9.97. The van der Waals surface area contributed by atoms with Gasteiger partial charge >= 0.3 is 0 Å². The minimum atomic E-state index is -1.57. The van der Waals surface area contributed by atoms with Gasteiger partial charge in [-0.15, -0.1) is 0 Å². The fourth-order valence-electron chi connectivity index (χ4n) is 2.57. The summed E-state index contributed by atoms with van der Waals surface area (Å²) in [6.45, 7) is 0.161. The standard InChI is InChI=1S/C8H15NO6.C6H12O6/c1-3(11)9-5-7(13)6(12)4(2-10)15-8(5)14;7-1-2-3(8)4(9)5(10)6(11)12-2/h4-8,10,12-14H,2H2,1H3,(H,9,11);2-11H,1H2/t4-,5-,6-,7-,8?;2-,3-,4+,5+,6+/m11/s1. The zero-order valence-electron chi connectivity index (χ0n) is 14.4. The van der Waals surface area contributed by atoms with Crippen LogP contribution >= 0.6 is 0 Å². The number of hydrogen-bond donors (Lipinski definition) is 10. The van der Waals surface area contributed by atoms with Crippen molar-refractivity contribution in [3.8, 4) is 0 Å². The van der Waals surface area contributed by atoms with E-state index in [2.05, 4.69) is 10.1 Å². The number of aliphatic hydroxyl groups excluding tert-OH is 9. The van der Waals surface area contributed by atoms with Crippen molar-refractivity contribution >= 4 is 5.91 Å². The van der Waals surface area contributed by atoms with Crippen molar-refractivity contribution in [1.82, 2.24) is 5.32 Å². The fourth-order valence-corrected chi connectivity index (χ4v) is 2.57. The Labute approximate surface area is 154 Å². The summed E-state index contributed by atoms with van der Waals surface area (Å²) in [5, 5.41) is 84.1. The molecule has 0 aromatic rings. The third kappa shape index (κ3) is 6.00. The predicted octanol–water partition coefficient (Wildman–Crippen LogP) is -6.30. The van der Waals surface area contributed by atoms with Gasteiger partial charge in [-0.3, -0.25) is 4.79 Å². The third-order valence-electron chi connectivity index (χ3n) is 4.14. The van der Waals surface area contributed by atoms with Crippen molar-refractivity contribution < 1.29 is 60.2 Å². The van der Waals surface area contributed by atoms with Crippen LogP contribution in [0.2, 0.25) is 0 Å². The average molecular weight is 401 g/mol. The van der Waals surface area contributed by atoms with Crippen molar-refractivity contribution in [2.75, 3.05) is 13.2 Å². The van der Waals surface area contributed by atoms with Gasteiger partial charge in [0.2, 0.25) is 5.91 Å². The maximum Gasteiger partial charge on any atom is 0.217 e. The van der Waals surface area contributed by atoms with Gasteiger partial charge in [-0.25, -0.2) is 0 Å². The number of ether oxygens (including phenoxy) is 2. The first kappa shape index (κ1) is 24.1. The minimum absolute atomic E-state index is 0.462. The molecule has 2 aliphatic rings. The van der Waals surface area contributed by atoms with E-state index in [1.807, 2.05) is 0 Å². The molecule has 2 rings (SSSR count). The number of nitrogens with one attached hydrogen (secondary N) is 1. The summed E-state index contributed by atoms with van der Waals surface area (Å²) in [5.41, 5.74) is 0. The van der Waals surface area contributed by atoms with Crippen LogP contribution in [0.4, 0.5) is 0 Å². The lowest BCUT2D eigenvalue weighted by Gasteiger charge is -2.40. The first-order valence-corrected chi connectivity index (χ1v) is 8.11. The Morgan fingerprint density at radius 1 is 0.741 bits per heavy atom. The molecule has 0 aromatic heterocycles. The topological polar surface area (TPSA) is 230 Å². The van der Waals surface area contributed by atoms with Crippen LogP contribution in [0.3, 0.4) is 0 Å². The van der Waals surface area contributed by atoms with Gasteiger partial charge in [-0.2, -0.15) is 0 Å². The van der Waals surface area contributed by atoms with Crippen LogP contribution < -0.4 is 5.32 Å². The predicted molar refractivity (Wildman–Crippen MR) is 83.6 cm³/mol. The van der Waals surface area contributed by atoms with Gasteiger partial charge in [0, 0.05) is 6.92 Å². The van der Waals surface area contributed by atoms with Gasteiger partial charge in [0.25, 0.3) is 0 Å². The quantitative estimate of drug-likeness (QED) is 0.213. The molecule has 13 nitrogen and oxygen atoms in total. The molecule has 27 heavy (non-hydrogen) atoms. The van der Waals surface area contributed by atoms with E-state index < -0.39 is 80.5 Å². The van der Waals surface area contributed by atoms with Crippen LogP contribution in [0.25, 0.3) is 0 Å². The Hall–Kier alpha value is -0.970. The first-order valence-electron chi connectivity index (χ1n) is 8.11. The van der Waals surface area contributed by atoms with Gasteiger partial charge in [-0.05, 0) is 0 Å². The Morgan fingerprint density at radius 2 is 1.19 bits per heavy atom. The smallest absolute Gasteiger partial charge is 0.217 e. The number of carbonyl (C=O) groups excluding carboxylic acids is 1. The number of rotatable bonds is 3. The van der Waals surface area contributed by atoms with Gasteiger partial charge in [0.1, 0.15) is 48.8 Å². The van der Waals surface area contributed by atoms with Gasteiger partial charge in [0.15, 0.2) is 12.6 Å². The molecule has 0 aliphatic carbocycles. The highest BCUT2D eigenvalue weighted by Crippen LogP contribution is 2.20. The molecular formula is C14H27NO12. The van der Waals surface area contributed by atoms with E-state index in [1.165, 1.54) is 6.92 Å². The summed E-state index contributed by atoms with van der Waals surface area (Å²) in [7, 11) is 0. The number of hydrogen-bond acceptors (Lipinski definition) is 12. The number of aliphatic hydroxyl groups is 9. The average Bonchev–Trinajstić information content (AvgIpc) is 2.63. The molecule has 1 unspecified atom stereocenters. The lowest BCUT2D eigenvalue weighted by Crippen LogP contribution is -2.63. The number of amides is 1. The molecule has 10 N–H and O–H groups in total. The third-order valence-corrected chi connectivity index (χ3v) is 4.14. The minimum Gasteiger partial charge on any atom is -0.394 e. The monoisotopic (exact) mass is 401 g/mol. The second-order valence-electron chi connectivity index (χ2n) is 6.17. The largest absolute Gasteiger partial charge is 0.394 e. The molecular weight excluding hydrogens is 374 g/mol. The van der Waals surface area contributed by atoms with Crippen molar-refractivity contribution in [1.29, 1.82) is 0 Å². The molecule has 1 amide bonds. The molecule has 0 spiro atoms. The van der Waals surface area contributed by atoms with E-state index in [0.717, 1.165) is 0 Å². The molecule has 0 aromatic carbocycles. The van der Waals surface area contributed by atoms with Crippen molar-refractivity contribution in [3.63, 3.8) is 0 Å². The van der Waals surface area contributed by atoms with E-state index in [-0.39, 0.29) is 0 Å². The van der Waals surface area contributed by atoms with E-state index in [9.17, 15) is 20.1 Å². The molecule has 2 aliphatic heterocycles. The summed E-state index contributed by atoms with van der Waals surface area (Å²) < 4.78 is 9.39. The molecule has 0 bridgehead atoms. The highest BCUT2D eigenvalue weighted by atomic mass is 16.6. The second-order valence-corrected chi connectivity index (χ2v) is 6.17. The molecule has 0 radical (unpaired) electrons. The van der Waals surface area contributed by atoms with E-state index in [1.54, 1.807) is 0 Å². The summed E-state index contributed by atoms with van der Waals surface area (Å²) in [6, 6.07) is -1.10.